The first-order valence-corrected chi connectivity index (χ1v) is 10.9. The molecule has 0 rings (SSSR count). The van der Waals surface area contributed by atoms with Gasteiger partial charge in [-0.3, -0.25) is 0 Å². The van der Waals surface area contributed by atoms with Crippen molar-refractivity contribution < 1.29 is 14.3 Å². The van der Waals surface area contributed by atoms with Gasteiger partial charge in [0.2, 0.25) is 0 Å². The van der Waals surface area contributed by atoms with Gasteiger partial charge in [0.25, 0.3) is 7.22 Å². The summed E-state index contributed by atoms with van der Waals surface area (Å²) in [6, 6.07) is 0.816. The Morgan fingerprint density at radius 1 is 1.05 bits per heavy atom. The molecular formula is C14H30O3SSi. The second kappa shape index (κ2) is 10.9. The van der Waals surface area contributed by atoms with Crippen molar-refractivity contribution in [1.29, 1.82) is 0 Å². The van der Waals surface area contributed by atoms with Crippen molar-refractivity contribution in [2.45, 2.75) is 70.8 Å². The monoisotopic (exact) mass is 306 g/mol. The first kappa shape index (κ1) is 19.2. The predicted octanol–water partition coefficient (Wildman–Crippen LogP) is 3.90. The number of carbonyl (C=O) groups is 1. The van der Waals surface area contributed by atoms with E-state index in [2.05, 4.69) is 13.8 Å². The van der Waals surface area contributed by atoms with Gasteiger partial charge in [-0.2, -0.15) is 12.1 Å². The molecule has 0 fully saturated rings. The largest absolute Gasteiger partial charge is 0.358 e. The van der Waals surface area contributed by atoms with Gasteiger partial charge in [-0.15, -0.1) is 0 Å². The smallest absolute Gasteiger partial charge is 0.250 e. The zero-order valence-electron chi connectivity index (χ0n) is 12.9. The van der Waals surface area contributed by atoms with Crippen LogP contribution in [0.4, 0.5) is 0 Å². The fourth-order valence-electron chi connectivity index (χ4n) is 2.36. The quantitative estimate of drug-likeness (QED) is 0.257. The molecule has 1 atom stereocenters. The van der Waals surface area contributed by atoms with Crippen LogP contribution in [0.15, 0.2) is 0 Å². The third kappa shape index (κ3) is 6.43. The van der Waals surface area contributed by atoms with Gasteiger partial charge in [-0.1, -0.05) is 46.0 Å². The Kier molecular flexibility index (Phi) is 11.0. The Morgan fingerprint density at radius 2 is 1.63 bits per heavy atom. The summed E-state index contributed by atoms with van der Waals surface area (Å²) in [4.78, 5) is 12.5. The number of rotatable bonds is 12. The number of unbranched alkanes of at least 4 members (excludes halogenated alkanes) is 4. The van der Waals surface area contributed by atoms with E-state index in [9.17, 15) is 4.79 Å². The summed E-state index contributed by atoms with van der Waals surface area (Å²) in [6.07, 6.45) is 7.38. The van der Waals surface area contributed by atoms with Crippen molar-refractivity contribution in [3.05, 3.63) is 0 Å². The zero-order chi connectivity index (χ0) is 14.7. The van der Waals surface area contributed by atoms with E-state index in [1.54, 1.807) is 14.2 Å². The molecule has 0 saturated heterocycles. The SMILES string of the molecule is CCCCCCCC(=O)[Si](S)(CCC)C(OC)OC. The van der Waals surface area contributed by atoms with Crippen LogP contribution in [0.5, 0.6) is 0 Å². The van der Waals surface area contributed by atoms with Crippen molar-refractivity contribution in [2.24, 2.45) is 0 Å². The molecule has 3 nitrogen and oxygen atoms in total. The van der Waals surface area contributed by atoms with E-state index >= 15 is 0 Å². The van der Waals surface area contributed by atoms with Gasteiger partial charge in [0, 0.05) is 20.6 Å². The molecule has 19 heavy (non-hydrogen) atoms. The van der Waals surface area contributed by atoms with Crippen molar-refractivity contribution >= 4 is 24.7 Å². The molecule has 0 amide bonds. The summed E-state index contributed by atoms with van der Waals surface area (Å²) in [5.74, 6) is -0.432. The minimum absolute atomic E-state index is 0.280. The van der Waals surface area contributed by atoms with E-state index < -0.39 is 13.1 Å². The third-order valence-corrected chi connectivity index (χ3v) is 9.22. The van der Waals surface area contributed by atoms with Crippen LogP contribution < -0.4 is 0 Å². The minimum atomic E-state index is -2.44. The zero-order valence-corrected chi connectivity index (χ0v) is 14.8. The van der Waals surface area contributed by atoms with E-state index in [4.69, 9.17) is 21.6 Å². The van der Waals surface area contributed by atoms with Crippen LogP contribution >= 0.6 is 12.1 Å². The molecule has 0 bridgehead atoms. The standard InChI is InChI=1S/C14H30O3SSi/c1-5-7-8-9-10-11-13(15)19(18,12-6-2)14(16-3)17-4/h14,18H,5-12H2,1-4H3. The highest BCUT2D eigenvalue weighted by molar-refractivity contribution is 8.18. The average Bonchev–Trinajstić information content (AvgIpc) is 2.39. The van der Waals surface area contributed by atoms with Crippen LogP contribution in [0.1, 0.15) is 58.8 Å². The second-order valence-electron chi connectivity index (χ2n) is 5.06. The lowest BCUT2D eigenvalue weighted by molar-refractivity contribution is -0.115. The first-order valence-electron chi connectivity index (χ1n) is 7.38. The average molecular weight is 307 g/mol. The van der Waals surface area contributed by atoms with Crippen LogP contribution in [-0.2, 0) is 14.3 Å². The predicted molar refractivity (Wildman–Crippen MR) is 86.0 cm³/mol. The van der Waals surface area contributed by atoms with E-state index in [-0.39, 0.29) is 5.41 Å². The Hall–Kier alpha value is 0.157. The Labute approximate surface area is 124 Å². The molecule has 0 aliphatic carbocycles. The molecule has 0 saturated carbocycles. The summed E-state index contributed by atoms with van der Waals surface area (Å²) in [5, 5.41) is 0.280. The molecule has 0 N–H and O–H groups in total. The molecule has 0 spiro atoms. The molecule has 5 heteroatoms. The maximum atomic E-state index is 12.5. The highest BCUT2D eigenvalue weighted by Crippen LogP contribution is 2.27. The van der Waals surface area contributed by atoms with E-state index in [0.29, 0.717) is 6.42 Å². The maximum Gasteiger partial charge on any atom is 0.250 e. The van der Waals surface area contributed by atoms with E-state index in [0.717, 1.165) is 25.3 Å². The molecule has 0 aromatic heterocycles. The van der Waals surface area contributed by atoms with Crippen LogP contribution in [0, 0.1) is 0 Å². The topological polar surface area (TPSA) is 35.5 Å². The summed E-state index contributed by atoms with van der Waals surface area (Å²) in [7, 11) is 0.748. The maximum absolute atomic E-state index is 12.5. The lowest BCUT2D eigenvalue weighted by Gasteiger charge is -2.30. The van der Waals surface area contributed by atoms with Gasteiger partial charge < -0.3 is 14.3 Å². The third-order valence-electron chi connectivity index (χ3n) is 3.44. The van der Waals surface area contributed by atoms with Crippen LogP contribution in [0.2, 0.25) is 6.04 Å². The van der Waals surface area contributed by atoms with Gasteiger partial charge in [-0.25, -0.2) is 0 Å². The van der Waals surface area contributed by atoms with Crippen LogP contribution in [0.3, 0.4) is 0 Å². The lowest BCUT2D eigenvalue weighted by Crippen LogP contribution is -2.52. The van der Waals surface area contributed by atoms with Gasteiger partial charge in [0.15, 0.2) is 5.91 Å². The number of carbonyl (C=O) groups excluding carboxylic acids is 1. The molecular weight excluding hydrogens is 276 g/mol. The number of hydrogen-bond acceptors (Lipinski definition) is 4. The summed E-state index contributed by atoms with van der Waals surface area (Å²) in [6.45, 7) is 4.27. The number of hydrogen-bond donors (Lipinski definition) is 1. The van der Waals surface area contributed by atoms with Gasteiger partial charge in [0.05, 0.1) is 0 Å². The molecule has 114 valence electrons. The molecule has 0 heterocycles. The highest BCUT2D eigenvalue weighted by atomic mass is 32.3. The normalized spacial score (nSPS) is 14.6. The second-order valence-corrected chi connectivity index (χ2v) is 10.8. The van der Waals surface area contributed by atoms with Gasteiger partial charge >= 0.3 is 0 Å². The van der Waals surface area contributed by atoms with Crippen molar-refractivity contribution in [3.63, 3.8) is 0 Å². The van der Waals surface area contributed by atoms with E-state index in [1.807, 2.05) is 0 Å². The fraction of sp³-hybridized carbons (Fsp3) is 0.929. The Morgan fingerprint density at radius 3 is 2.11 bits per heavy atom. The lowest BCUT2D eigenvalue weighted by atomic mass is 10.1. The fourth-order valence-corrected chi connectivity index (χ4v) is 6.93. The molecule has 0 aliphatic rings. The summed E-state index contributed by atoms with van der Waals surface area (Å²) >= 11 is 4.73. The van der Waals surface area contributed by atoms with Crippen molar-refractivity contribution in [1.82, 2.24) is 0 Å². The van der Waals surface area contributed by atoms with Gasteiger partial charge in [-0.05, 0) is 12.5 Å². The Balaban J connectivity index is 4.39. The van der Waals surface area contributed by atoms with Crippen LogP contribution in [0.25, 0.3) is 0 Å². The highest BCUT2D eigenvalue weighted by Gasteiger charge is 2.45. The minimum Gasteiger partial charge on any atom is -0.358 e. The number of ether oxygens (including phenoxy) is 2. The Bertz CT molecular complexity index is 247. The molecule has 0 aromatic carbocycles. The first-order chi connectivity index (χ1) is 9.06. The van der Waals surface area contributed by atoms with Crippen LogP contribution in [-0.4, -0.2) is 32.8 Å². The van der Waals surface area contributed by atoms with Crippen molar-refractivity contribution in [2.75, 3.05) is 14.2 Å². The number of methoxy groups -OCH3 is 2. The molecule has 0 aliphatic heterocycles. The van der Waals surface area contributed by atoms with Crippen molar-refractivity contribution in [3.8, 4) is 0 Å². The van der Waals surface area contributed by atoms with E-state index in [1.165, 1.54) is 19.3 Å². The molecule has 0 aromatic rings. The van der Waals surface area contributed by atoms with Gasteiger partial charge in [0.1, 0.15) is 5.41 Å². The number of thiol groups is 1. The molecule has 1 unspecified atom stereocenters. The summed E-state index contributed by atoms with van der Waals surface area (Å²) < 4.78 is 10.7. The summed E-state index contributed by atoms with van der Waals surface area (Å²) in [5.41, 5.74) is 0. The molecule has 0 radical (unpaired) electrons.